The van der Waals surface area contributed by atoms with Gasteiger partial charge in [-0.2, -0.15) is 0 Å². The maximum Gasteiger partial charge on any atom is 2.00 e. The third kappa shape index (κ3) is 13.8. The van der Waals surface area contributed by atoms with Crippen LogP contribution in [0.5, 0.6) is 34.5 Å². The van der Waals surface area contributed by atoms with Crippen molar-refractivity contribution in [2.75, 3.05) is 94.4 Å². The molecule has 0 aliphatic rings. The zero-order valence-corrected chi connectivity index (χ0v) is 32.9. The number of ether oxygens (including phenoxy) is 8. The second-order valence-corrected chi connectivity index (χ2v) is 11.2. The summed E-state index contributed by atoms with van der Waals surface area (Å²) < 4.78 is 44.0. The molecule has 4 aromatic rings. The van der Waals surface area contributed by atoms with Crippen molar-refractivity contribution in [3.8, 4) is 56.8 Å². The SMILES string of the molecule is COCCOCCOc1ccccc1-c1cc(C=NCCN=Cc2cc(-c3ccccc3OCCOCCOC)cc(OC)c2O)c(O)c(OC)c1.[Cl-].[Mn+2]. The van der Waals surface area contributed by atoms with E-state index in [4.69, 9.17) is 37.9 Å². The maximum absolute atomic E-state index is 10.9. The Balaban J connectivity index is 0.00000504. The number of rotatable bonds is 23. The van der Waals surface area contributed by atoms with Crippen molar-refractivity contribution in [1.29, 1.82) is 0 Å². The molecule has 0 aliphatic heterocycles. The molecular formula is C40H48ClMnN2O10+. The molecule has 0 spiro atoms. The molecule has 4 rings (SSSR count). The van der Waals surface area contributed by atoms with Crippen LogP contribution in [-0.2, 0) is 36.0 Å². The van der Waals surface area contributed by atoms with Crippen molar-refractivity contribution in [3.63, 3.8) is 0 Å². The second kappa shape index (κ2) is 25.6. The molecule has 0 saturated carbocycles. The number of halogens is 1. The number of nitrogens with zero attached hydrogens (tertiary/aromatic N) is 2. The van der Waals surface area contributed by atoms with Gasteiger partial charge in [0.1, 0.15) is 24.7 Å². The Kier molecular flexibility index (Phi) is 21.8. The van der Waals surface area contributed by atoms with Crippen LogP contribution in [-0.4, -0.2) is 117 Å². The van der Waals surface area contributed by atoms with Crippen molar-refractivity contribution in [3.05, 3.63) is 83.9 Å². The molecular weight excluding hydrogens is 759 g/mol. The quantitative estimate of drug-likeness (QED) is 0.0654. The summed E-state index contributed by atoms with van der Waals surface area (Å²) in [6.07, 6.45) is 3.18. The van der Waals surface area contributed by atoms with Gasteiger partial charge in [-0.25, -0.2) is 0 Å². The zero-order chi connectivity index (χ0) is 37.0. The van der Waals surface area contributed by atoms with E-state index in [2.05, 4.69) is 9.98 Å². The standard InChI is InChI=1S/C40H48N2O10.ClH.Mn/c1-45-15-17-49-19-21-51-35-11-7-5-9-33(35)29-23-31(39(43)37(25-29)47-3)27-41-13-14-42-28-32-24-30(26-38(48-4)40(32)44)34-10-6-8-12-36(34)52-22-20-50-18-16-46-2;;/h5-12,23-28,43-44H,13-22H2,1-4H3;1H;/q;;+2/p-1. The monoisotopic (exact) mass is 806 g/mol. The maximum atomic E-state index is 10.9. The zero-order valence-electron chi connectivity index (χ0n) is 31.0. The Morgan fingerprint density at radius 2 is 0.907 bits per heavy atom. The second-order valence-electron chi connectivity index (χ2n) is 11.2. The Labute approximate surface area is 333 Å². The first-order valence-corrected chi connectivity index (χ1v) is 16.9. The molecule has 0 saturated heterocycles. The molecule has 0 aromatic heterocycles. The van der Waals surface area contributed by atoms with Crippen LogP contribution in [0.1, 0.15) is 11.1 Å². The van der Waals surface area contributed by atoms with Crippen molar-refractivity contribution in [2.24, 2.45) is 9.98 Å². The van der Waals surface area contributed by atoms with Gasteiger partial charge in [0.2, 0.25) is 0 Å². The number of para-hydroxylation sites is 2. The molecule has 0 bridgehead atoms. The van der Waals surface area contributed by atoms with Crippen LogP contribution in [0.4, 0.5) is 0 Å². The minimum atomic E-state index is -0.0276. The fourth-order valence-corrected chi connectivity index (χ4v) is 5.09. The van der Waals surface area contributed by atoms with Crippen LogP contribution >= 0.6 is 0 Å². The number of aliphatic imine (C=N–C) groups is 2. The fraction of sp³-hybridized carbons (Fsp3) is 0.350. The van der Waals surface area contributed by atoms with Crippen LogP contribution in [0.2, 0.25) is 0 Å². The molecule has 291 valence electrons. The number of benzene rings is 4. The van der Waals surface area contributed by atoms with Crippen LogP contribution in [0.3, 0.4) is 0 Å². The third-order valence-corrected chi connectivity index (χ3v) is 7.70. The van der Waals surface area contributed by atoms with E-state index in [9.17, 15) is 10.2 Å². The molecule has 0 heterocycles. The average molecular weight is 807 g/mol. The van der Waals surface area contributed by atoms with E-state index < -0.39 is 0 Å². The van der Waals surface area contributed by atoms with Crippen LogP contribution in [0.15, 0.2) is 82.8 Å². The van der Waals surface area contributed by atoms with Crippen LogP contribution in [0.25, 0.3) is 22.3 Å². The van der Waals surface area contributed by atoms with Gasteiger partial charge in [0.25, 0.3) is 0 Å². The molecule has 12 nitrogen and oxygen atoms in total. The minimum Gasteiger partial charge on any atom is -1.00 e. The molecule has 54 heavy (non-hydrogen) atoms. The van der Waals surface area contributed by atoms with E-state index in [0.717, 1.165) is 22.3 Å². The van der Waals surface area contributed by atoms with Gasteiger partial charge in [0, 0.05) is 48.9 Å². The number of hydrogen-bond donors (Lipinski definition) is 2. The van der Waals surface area contributed by atoms with Gasteiger partial charge in [-0.1, -0.05) is 36.4 Å². The number of methoxy groups -OCH3 is 4. The van der Waals surface area contributed by atoms with Gasteiger partial charge in [-0.05, 0) is 47.5 Å². The van der Waals surface area contributed by atoms with Gasteiger partial charge >= 0.3 is 17.1 Å². The summed E-state index contributed by atoms with van der Waals surface area (Å²) in [7, 11) is 6.26. The van der Waals surface area contributed by atoms with Gasteiger partial charge in [0.15, 0.2) is 23.0 Å². The molecule has 0 atom stereocenters. The van der Waals surface area contributed by atoms with Crippen molar-refractivity contribution < 1.29 is 77.6 Å². The Bertz CT molecular complexity index is 1630. The van der Waals surface area contributed by atoms with E-state index in [1.165, 1.54) is 14.2 Å². The average Bonchev–Trinajstić information content (AvgIpc) is 3.17. The number of phenolic OH excluding ortho intramolecular Hbond substituents is 2. The molecule has 0 aliphatic carbocycles. The van der Waals surface area contributed by atoms with Crippen molar-refractivity contribution >= 4 is 12.4 Å². The smallest absolute Gasteiger partial charge is 1.00 e. The Hall–Kier alpha value is -4.33. The van der Waals surface area contributed by atoms with Gasteiger partial charge < -0.3 is 60.5 Å². The van der Waals surface area contributed by atoms with Gasteiger partial charge in [0.05, 0.1) is 67.0 Å². The summed E-state index contributed by atoms with van der Waals surface area (Å²) in [5.41, 5.74) is 4.20. The molecule has 14 heteroatoms. The summed E-state index contributed by atoms with van der Waals surface area (Å²) in [5, 5.41) is 21.7. The van der Waals surface area contributed by atoms with E-state index >= 15 is 0 Å². The predicted octanol–water partition coefficient (Wildman–Crippen LogP) is 3.07. The van der Waals surface area contributed by atoms with Gasteiger partial charge in [-0.3, -0.25) is 9.98 Å². The first kappa shape index (κ1) is 45.8. The Morgan fingerprint density at radius 1 is 0.519 bits per heavy atom. The normalized spacial score (nSPS) is 11.0. The van der Waals surface area contributed by atoms with E-state index in [1.54, 1.807) is 38.8 Å². The van der Waals surface area contributed by atoms with Crippen molar-refractivity contribution in [1.82, 2.24) is 0 Å². The summed E-state index contributed by atoms with van der Waals surface area (Å²) >= 11 is 0. The number of hydrogen-bond acceptors (Lipinski definition) is 12. The molecule has 0 fully saturated rings. The molecule has 4 aromatic carbocycles. The Morgan fingerprint density at radius 3 is 1.30 bits per heavy atom. The molecule has 0 amide bonds. The molecule has 0 unspecified atom stereocenters. The first-order chi connectivity index (χ1) is 25.5. The molecule has 1 radical (unpaired) electrons. The molecule has 2 N–H and O–H groups in total. The predicted molar refractivity (Wildman–Crippen MR) is 201 cm³/mol. The summed E-state index contributed by atoms with van der Waals surface area (Å²) in [6.45, 7) is 4.26. The van der Waals surface area contributed by atoms with Gasteiger partial charge in [-0.15, -0.1) is 0 Å². The topological polar surface area (TPSA) is 139 Å². The van der Waals surface area contributed by atoms with E-state index in [-0.39, 0.29) is 41.0 Å². The van der Waals surface area contributed by atoms with E-state index in [0.29, 0.717) is 100 Å². The minimum absolute atomic E-state index is 0. The number of phenols is 2. The van der Waals surface area contributed by atoms with Crippen LogP contribution in [0, 0.1) is 0 Å². The number of aromatic hydroxyl groups is 2. The third-order valence-electron chi connectivity index (χ3n) is 7.70. The summed E-state index contributed by atoms with van der Waals surface area (Å²) in [5.74, 6) is 1.90. The summed E-state index contributed by atoms with van der Waals surface area (Å²) in [4.78, 5) is 9.01. The van der Waals surface area contributed by atoms with Crippen molar-refractivity contribution in [2.45, 2.75) is 0 Å². The fourth-order valence-electron chi connectivity index (χ4n) is 5.09. The van der Waals surface area contributed by atoms with Crippen LogP contribution < -0.4 is 31.4 Å². The largest absolute Gasteiger partial charge is 2.00 e. The van der Waals surface area contributed by atoms with E-state index in [1.807, 2.05) is 60.7 Å². The summed E-state index contributed by atoms with van der Waals surface area (Å²) in [6, 6.07) is 22.4. The first-order valence-electron chi connectivity index (χ1n) is 16.9.